The van der Waals surface area contributed by atoms with Gasteiger partial charge in [0.15, 0.2) is 0 Å². The van der Waals surface area contributed by atoms with E-state index < -0.39 is 8.07 Å². The van der Waals surface area contributed by atoms with Gasteiger partial charge in [-0.25, -0.2) is 0 Å². The van der Waals surface area contributed by atoms with Crippen LogP contribution in [0.25, 0.3) is 0 Å². The van der Waals surface area contributed by atoms with E-state index in [-0.39, 0.29) is 0 Å². The number of rotatable bonds is 3. The Hall–Kier alpha value is -1.34. The van der Waals surface area contributed by atoms with Gasteiger partial charge in [-0.1, -0.05) is 72.4 Å². The molecule has 0 aliphatic carbocycles. The lowest BCUT2D eigenvalue weighted by atomic mass is 9.98. The van der Waals surface area contributed by atoms with Crippen LogP contribution in [0.1, 0.15) is 27.8 Å². The van der Waals surface area contributed by atoms with E-state index in [2.05, 4.69) is 76.8 Å². The molecule has 106 valence electrons. The normalized spacial score (nSPS) is 11.7. The summed E-state index contributed by atoms with van der Waals surface area (Å²) in [5.74, 6) is 0. The Morgan fingerprint density at radius 1 is 0.800 bits per heavy atom. The maximum atomic E-state index is 2.44. The molecule has 0 saturated carbocycles. The predicted molar refractivity (Wildman–Crippen MR) is 92.9 cm³/mol. The molecule has 20 heavy (non-hydrogen) atoms. The van der Waals surface area contributed by atoms with E-state index in [0.717, 1.165) is 6.42 Å². The van der Waals surface area contributed by atoms with Gasteiger partial charge in [-0.15, -0.1) is 0 Å². The first kappa shape index (κ1) is 15.1. The average Bonchev–Trinajstić information content (AvgIpc) is 2.29. The Labute approximate surface area is 124 Å². The van der Waals surface area contributed by atoms with Gasteiger partial charge >= 0.3 is 0 Å². The van der Waals surface area contributed by atoms with Crippen molar-refractivity contribution in [3.63, 3.8) is 0 Å². The smallest absolute Gasteiger partial charge is 0.0656 e. The largest absolute Gasteiger partial charge is 0.0776 e. The molecular formula is C19H26Si. The molecule has 0 bridgehead atoms. The van der Waals surface area contributed by atoms with Gasteiger partial charge in [0.25, 0.3) is 0 Å². The van der Waals surface area contributed by atoms with Crippen LogP contribution in [0.2, 0.25) is 19.6 Å². The number of benzene rings is 2. The third-order valence-electron chi connectivity index (χ3n) is 3.89. The second-order valence-corrected chi connectivity index (χ2v) is 12.1. The third kappa shape index (κ3) is 3.60. The number of aryl methyl sites for hydroxylation is 3. The van der Waals surface area contributed by atoms with Crippen molar-refractivity contribution >= 4 is 13.3 Å². The molecule has 0 nitrogen and oxygen atoms in total. The van der Waals surface area contributed by atoms with Crippen LogP contribution >= 0.6 is 0 Å². The Kier molecular flexibility index (Phi) is 4.19. The van der Waals surface area contributed by atoms with Crippen LogP contribution in [0.3, 0.4) is 0 Å². The van der Waals surface area contributed by atoms with E-state index in [1.54, 1.807) is 5.19 Å². The summed E-state index contributed by atoms with van der Waals surface area (Å²) >= 11 is 0. The molecule has 0 N–H and O–H groups in total. The lowest BCUT2D eigenvalue weighted by molar-refractivity contribution is 1.14. The fraction of sp³-hybridized carbons (Fsp3) is 0.368. The maximum Gasteiger partial charge on any atom is 0.0776 e. The Balaban J connectivity index is 2.37. The summed E-state index contributed by atoms with van der Waals surface area (Å²) in [6, 6.07) is 13.9. The average molecular weight is 283 g/mol. The zero-order chi connectivity index (χ0) is 14.9. The van der Waals surface area contributed by atoms with Crippen LogP contribution in [0.15, 0.2) is 36.4 Å². The van der Waals surface area contributed by atoms with E-state index in [1.165, 1.54) is 27.8 Å². The van der Waals surface area contributed by atoms with Crippen molar-refractivity contribution in [2.45, 2.75) is 46.8 Å². The van der Waals surface area contributed by atoms with Crippen LogP contribution in [-0.2, 0) is 6.42 Å². The monoisotopic (exact) mass is 282 g/mol. The number of hydrogen-bond acceptors (Lipinski definition) is 0. The van der Waals surface area contributed by atoms with Crippen molar-refractivity contribution < 1.29 is 0 Å². The first-order valence-electron chi connectivity index (χ1n) is 7.43. The van der Waals surface area contributed by atoms with Crippen molar-refractivity contribution in [3.05, 3.63) is 64.2 Å². The van der Waals surface area contributed by atoms with Crippen molar-refractivity contribution in [3.8, 4) is 0 Å². The quantitative estimate of drug-likeness (QED) is 0.713. The molecule has 2 rings (SSSR count). The fourth-order valence-electron chi connectivity index (χ4n) is 2.72. The zero-order valence-corrected chi connectivity index (χ0v) is 14.7. The topological polar surface area (TPSA) is 0 Å². The fourth-order valence-corrected chi connectivity index (χ4v) is 3.91. The SMILES string of the molecule is Cc1cc(C)cc(Cc2cc([Si](C)(C)C)ccc2C)c1. The highest BCUT2D eigenvalue weighted by molar-refractivity contribution is 6.88. The van der Waals surface area contributed by atoms with Crippen LogP contribution in [0.4, 0.5) is 0 Å². The van der Waals surface area contributed by atoms with Crippen LogP contribution in [0, 0.1) is 20.8 Å². The van der Waals surface area contributed by atoms with Gasteiger partial charge in [-0.05, 0) is 43.9 Å². The molecule has 0 spiro atoms. The number of hydrogen-bond donors (Lipinski definition) is 0. The third-order valence-corrected chi connectivity index (χ3v) is 5.93. The molecule has 0 aliphatic heterocycles. The van der Waals surface area contributed by atoms with Crippen molar-refractivity contribution in [1.82, 2.24) is 0 Å². The molecule has 0 unspecified atom stereocenters. The van der Waals surface area contributed by atoms with Gasteiger partial charge < -0.3 is 0 Å². The molecule has 0 fully saturated rings. The van der Waals surface area contributed by atoms with Gasteiger partial charge in [0, 0.05) is 0 Å². The lowest BCUT2D eigenvalue weighted by Gasteiger charge is -2.19. The molecule has 0 aromatic heterocycles. The predicted octanol–water partition coefficient (Wildman–Crippen LogP) is 4.75. The van der Waals surface area contributed by atoms with Gasteiger partial charge in [0.1, 0.15) is 0 Å². The molecule has 0 atom stereocenters. The minimum absolute atomic E-state index is 1.05. The van der Waals surface area contributed by atoms with Gasteiger partial charge in [-0.2, -0.15) is 0 Å². The summed E-state index contributed by atoms with van der Waals surface area (Å²) in [5.41, 5.74) is 7.04. The van der Waals surface area contributed by atoms with Crippen molar-refractivity contribution in [2.24, 2.45) is 0 Å². The first-order valence-corrected chi connectivity index (χ1v) is 10.9. The Morgan fingerprint density at radius 3 is 1.95 bits per heavy atom. The van der Waals surface area contributed by atoms with E-state index in [0.29, 0.717) is 0 Å². The molecule has 1 heteroatoms. The standard InChI is InChI=1S/C19H26Si/c1-14-9-15(2)11-17(10-14)12-18-13-19(20(4,5)6)8-7-16(18)3/h7-11,13H,12H2,1-6H3. The second kappa shape index (κ2) is 5.57. The molecule has 0 radical (unpaired) electrons. The minimum Gasteiger partial charge on any atom is -0.0656 e. The molecule has 0 amide bonds. The van der Waals surface area contributed by atoms with Gasteiger partial charge in [0.2, 0.25) is 0 Å². The molecule has 0 aliphatic rings. The summed E-state index contributed by atoms with van der Waals surface area (Å²) in [6.45, 7) is 13.8. The Bertz CT molecular complexity index is 598. The first-order chi connectivity index (χ1) is 9.25. The molecular weight excluding hydrogens is 256 g/mol. The summed E-state index contributed by atoms with van der Waals surface area (Å²) in [4.78, 5) is 0. The van der Waals surface area contributed by atoms with E-state index in [4.69, 9.17) is 0 Å². The lowest BCUT2D eigenvalue weighted by Crippen LogP contribution is -2.37. The van der Waals surface area contributed by atoms with E-state index in [1.807, 2.05) is 0 Å². The highest BCUT2D eigenvalue weighted by Gasteiger charge is 2.17. The summed E-state index contributed by atoms with van der Waals surface area (Å²) in [7, 11) is -1.23. The van der Waals surface area contributed by atoms with Crippen molar-refractivity contribution in [2.75, 3.05) is 0 Å². The van der Waals surface area contributed by atoms with Gasteiger partial charge in [0.05, 0.1) is 8.07 Å². The summed E-state index contributed by atoms with van der Waals surface area (Å²) in [6.07, 6.45) is 1.05. The molecule has 0 heterocycles. The van der Waals surface area contributed by atoms with Crippen LogP contribution < -0.4 is 5.19 Å². The summed E-state index contributed by atoms with van der Waals surface area (Å²) < 4.78 is 0. The summed E-state index contributed by atoms with van der Waals surface area (Å²) in [5, 5.41) is 1.56. The molecule has 2 aromatic carbocycles. The maximum absolute atomic E-state index is 2.44. The van der Waals surface area contributed by atoms with E-state index in [9.17, 15) is 0 Å². The van der Waals surface area contributed by atoms with Crippen molar-refractivity contribution in [1.29, 1.82) is 0 Å². The zero-order valence-electron chi connectivity index (χ0n) is 13.7. The Morgan fingerprint density at radius 2 is 1.40 bits per heavy atom. The van der Waals surface area contributed by atoms with Crippen LogP contribution in [-0.4, -0.2) is 8.07 Å². The highest BCUT2D eigenvalue weighted by Crippen LogP contribution is 2.17. The second-order valence-electron chi connectivity index (χ2n) is 7.06. The van der Waals surface area contributed by atoms with Crippen LogP contribution in [0.5, 0.6) is 0 Å². The highest BCUT2D eigenvalue weighted by atomic mass is 28.3. The van der Waals surface area contributed by atoms with Gasteiger partial charge in [-0.3, -0.25) is 0 Å². The molecule has 0 saturated heterocycles. The minimum atomic E-state index is -1.23. The van der Waals surface area contributed by atoms with E-state index >= 15 is 0 Å². The molecule has 2 aromatic rings.